The topological polar surface area (TPSA) is 36.4 Å². The Hall–Kier alpha value is -0.940. The van der Waals surface area contributed by atoms with E-state index in [0.717, 1.165) is 48.2 Å². The fraction of sp³-hybridized carbons (Fsp3) is 0.800. The van der Waals surface area contributed by atoms with Gasteiger partial charge in [0, 0.05) is 37.0 Å². The second kappa shape index (κ2) is 7.36. The fourth-order valence-electron chi connectivity index (χ4n) is 4.39. The Labute approximate surface area is 155 Å². The lowest BCUT2D eigenvalue weighted by Gasteiger charge is -2.36. The molecule has 3 fully saturated rings. The monoisotopic (exact) mass is 361 g/mol. The molecule has 1 heterocycles. The molecule has 4 rings (SSSR count). The normalized spacial score (nSPS) is 26.8. The Kier molecular flexibility index (Phi) is 5.14. The Morgan fingerprint density at radius 3 is 2.20 bits per heavy atom. The lowest BCUT2D eigenvalue weighted by molar-refractivity contribution is -0.116. The smallest absolute Gasteiger partial charge is 0.225 e. The van der Waals surface area contributed by atoms with Crippen LogP contribution in [-0.4, -0.2) is 33.9 Å². The van der Waals surface area contributed by atoms with Gasteiger partial charge in [-0.2, -0.15) is 0 Å². The average Bonchev–Trinajstić information content (AvgIpc) is 3.53. The summed E-state index contributed by atoms with van der Waals surface area (Å²) in [6.45, 7) is 4.97. The number of anilines is 1. The van der Waals surface area contributed by atoms with E-state index in [1.807, 2.05) is 4.90 Å². The van der Waals surface area contributed by atoms with Crippen LogP contribution in [0.1, 0.15) is 77.3 Å². The van der Waals surface area contributed by atoms with Crippen LogP contribution in [0.2, 0.25) is 0 Å². The third-order valence-electron chi connectivity index (χ3n) is 6.22. The molecule has 0 spiro atoms. The van der Waals surface area contributed by atoms with Crippen LogP contribution in [0.4, 0.5) is 5.13 Å². The van der Waals surface area contributed by atoms with Crippen molar-refractivity contribution in [2.45, 2.75) is 96.3 Å². The van der Waals surface area contributed by atoms with Gasteiger partial charge in [0.15, 0.2) is 5.13 Å². The first-order chi connectivity index (χ1) is 12.2. The summed E-state index contributed by atoms with van der Waals surface area (Å²) in [5.41, 5.74) is 1.16. The van der Waals surface area contributed by atoms with Crippen molar-refractivity contribution < 1.29 is 4.79 Å². The van der Waals surface area contributed by atoms with E-state index in [-0.39, 0.29) is 5.91 Å². The minimum absolute atomic E-state index is 0.139. The second-order valence-electron chi connectivity index (χ2n) is 8.23. The van der Waals surface area contributed by atoms with Crippen LogP contribution in [0.5, 0.6) is 0 Å². The standard InChI is InChI=1S/C20H31N3OS/c1-3-15-4-6-17(7-5-15)22(18-8-9-18)12-16-13-25-20(21-16)23(14(2)24)19-10-11-19/h13,15,17-19H,3-12H2,1-2H3. The summed E-state index contributed by atoms with van der Waals surface area (Å²) in [7, 11) is 0. The molecule has 1 aromatic rings. The zero-order valence-corrected chi connectivity index (χ0v) is 16.4. The van der Waals surface area contributed by atoms with Crippen molar-refractivity contribution in [3.63, 3.8) is 0 Å². The molecule has 5 heteroatoms. The van der Waals surface area contributed by atoms with Crippen molar-refractivity contribution in [1.82, 2.24) is 9.88 Å². The molecule has 3 saturated carbocycles. The first-order valence-corrected chi connectivity index (χ1v) is 11.0. The Morgan fingerprint density at radius 2 is 1.68 bits per heavy atom. The Morgan fingerprint density at radius 1 is 1.08 bits per heavy atom. The van der Waals surface area contributed by atoms with Gasteiger partial charge in [-0.25, -0.2) is 4.98 Å². The molecule has 0 bridgehead atoms. The molecule has 0 N–H and O–H groups in total. The van der Waals surface area contributed by atoms with Gasteiger partial charge in [-0.1, -0.05) is 13.3 Å². The molecule has 138 valence electrons. The van der Waals surface area contributed by atoms with E-state index in [2.05, 4.69) is 17.2 Å². The Bertz CT molecular complexity index is 600. The van der Waals surface area contributed by atoms with Crippen LogP contribution >= 0.6 is 11.3 Å². The molecule has 0 saturated heterocycles. The van der Waals surface area contributed by atoms with Crippen LogP contribution in [0.3, 0.4) is 0 Å². The van der Waals surface area contributed by atoms with Gasteiger partial charge in [-0.15, -0.1) is 11.3 Å². The Balaban J connectivity index is 1.42. The first kappa shape index (κ1) is 17.5. The van der Waals surface area contributed by atoms with E-state index in [1.54, 1.807) is 18.3 Å². The summed E-state index contributed by atoms with van der Waals surface area (Å²) in [6, 6.07) is 1.92. The summed E-state index contributed by atoms with van der Waals surface area (Å²) >= 11 is 1.65. The highest BCUT2D eigenvalue weighted by molar-refractivity contribution is 7.14. The molecule has 0 atom stereocenters. The lowest BCUT2D eigenvalue weighted by Crippen LogP contribution is -2.39. The number of nitrogens with zero attached hydrogens (tertiary/aromatic N) is 3. The van der Waals surface area contributed by atoms with Gasteiger partial charge in [0.1, 0.15) is 0 Å². The summed E-state index contributed by atoms with van der Waals surface area (Å²) < 4.78 is 0. The highest BCUT2D eigenvalue weighted by atomic mass is 32.1. The van der Waals surface area contributed by atoms with E-state index in [9.17, 15) is 4.79 Å². The van der Waals surface area contributed by atoms with Crippen molar-refractivity contribution in [3.8, 4) is 0 Å². The third kappa shape index (κ3) is 4.08. The van der Waals surface area contributed by atoms with Crippen LogP contribution in [0, 0.1) is 5.92 Å². The van der Waals surface area contributed by atoms with Gasteiger partial charge in [-0.05, 0) is 57.3 Å². The molecule has 4 nitrogen and oxygen atoms in total. The summed E-state index contributed by atoms with van der Waals surface area (Å²) in [5, 5.41) is 3.09. The summed E-state index contributed by atoms with van der Waals surface area (Å²) in [6.07, 6.45) is 11.8. The van der Waals surface area contributed by atoms with Crippen LogP contribution in [0.25, 0.3) is 0 Å². The molecule has 25 heavy (non-hydrogen) atoms. The van der Waals surface area contributed by atoms with Gasteiger partial charge >= 0.3 is 0 Å². The molecule has 0 unspecified atom stereocenters. The van der Waals surface area contributed by atoms with Gasteiger partial charge in [0.2, 0.25) is 5.91 Å². The van der Waals surface area contributed by atoms with Gasteiger partial charge in [0.25, 0.3) is 0 Å². The van der Waals surface area contributed by atoms with E-state index in [0.29, 0.717) is 6.04 Å². The number of rotatable bonds is 7. The highest BCUT2D eigenvalue weighted by Gasteiger charge is 2.37. The van der Waals surface area contributed by atoms with Crippen molar-refractivity contribution >= 4 is 22.4 Å². The number of hydrogen-bond acceptors (Lipinski definition) is 4. The number of thiazole rings is 1. The third-order valence-corrected chi connectivity index (χ3v) is 7.11. The number of hydrogen-bond donors (Lipinski definition) is 0. The van der Waals surface area contributed by atoms with Gasteiger partial charge < -0.3 is 0 Å². The van der Waals surface area contributed by atoms with Crippen molar-refractivity contribution in [2.75, 3.05) is 4.90 Å². The maximum atomic E-state index is 12.0. The minimum atomic E-state index is 0.139. The maximum Gasteiger partial charge on any atom is 0.225 e. The predicted octanol–water partition coefficient (Wildman–Crippen LogP) is 4.59. The quantitative estimate of drug-likeness (QED) is 0.712. The predicted molar refractivity (Wildman–Crippen MR) is 103 cm³/mol. The van der Waals surface area contributed by atoms with Crippen LogP contribution in [0.15, 0.2) is 5.38 Å². The number of amides is 1. The molecule has 1 aromatic heterocycles. The number of carbonyl (C=O) groups excluding carboxylic acids is 1. The molecule has 1 amide bonds. The largest absolute Gasteiger partial charge is 0.292 e. The molecule has 3 aliphatic carbocycles. The fourth-order valence-corrected chi connectivity index (χ4v) is 5.32. The second-order valence-corrected chi connectivity index (χ2v) is 9.06. The van der Waals surface area contributed by atoms with E-state index in [1.165, 1.54) is 44.9 Å². The molecular weight excluding hydrogens is 330 g/mol. The lowest BCUT2D eigenvalue weighted by atomic mass is 9.84. The van der Waals surface area contributed by atoms with Crippen molar-refractivity contribution in [2.24, 2.45) is 5.92 Å². The van der Waals surface area contributed by atoms with Crippen molar-refractivity contribution in [3.05, 3.63) is 11.1 Å². The molecule has 0 aromatic carbocycles. The number of carbonyl (C=O) groups is 1. The van der Waals surface area contributed by atoms with Crippen molar-refractivity contribution in [1.29, 1.82) is 0 Å². The summed E-state index contributed by atoms with van der Waals surface area (Å²) in [5.74, 6) is 1.09. The van der Waals surface area contributed by atoms with Gasteiger partial charge in [-0.3, -0.25) is 14.6 Å². The molecule has 3 aliphatic rings. The minimum Gasteiger partial charge on any atom is -0.292 e. The van der Waals surface area contributed by atoms with Crippen LogP contribution in [-0.2, 0) is 11.3 Å². The average molecular weight is 362 g/mol. The maximum absolute atomic E-state index is 12.0. The van der Waals surface area contributed by atoms with E-state index < -0.39 is 0 Å². The van der Waals surface area contributed by atoms with E-state index >= 15 is 0 Å². The number of aromatic nitrogens is 1. The first-order valence-electron chi connectivity index (χ1n) is 10.2. The zero-order valence-electron chi connectivity index (χ0n) is 15.6. The van der Waals surface area contributed by atoms with E-state index in [4.69, 9.17) is 4.98 Å². The summed E-state index contributed by atoms with van der Waals surface area (Å²) in [4.78, 5) is 21.5. The highest BCUT2D eigenvalue weighted by Crippen LogP contribution is 2.38. The van der Waals surface area contributed by atoms with Crippen LogP contribution < -0.4 is 4.90 Å². The SMILES string of the molecule is CCC1CCC(N(Cc2csc(N(C(C)=O)C3CC3)n2)C2CC2)CC1. The van der Waals surface area contributed by atoms with Gasteiger partial charge in [0.05, 0.1) is 5.69 Å². The molecular formula is C20H31N3OS. The zero-order chi connectivity index (χ0) is 17.4. The molecule has 0 aliphatic heterocycles. The molecule has 0 radical (unpaired) electrons.